The van der Waals surface area contributed by atoms with E-state index in [-0.39, 0.29) is 30.9 Å². The summed E-state index contributed by atoms with van der Waals surface area (Å²) in [7, 11) is 0. The number of likely N-dealkylation sites (tertiary alicyclic amines) is 1. The van der Waals surface area contributed by atoms with E-state index in [4.69, 9.17) is 22.2 Å². The van der Waals surface area contributed by atoms with Gasteiger partial charge in [-0.1, -0.05) is 68.4 Å². The van der Waals surface area contributed by atoms with Crippen LogP contribution in [0.5, 0.6) is 0 Å². The van der Waals surface area contributed by atoms with Gasteiger partial charge in [-0.2, -0.15) is 5.10 Å². The standard InChI is InChI=1S/C32H47N7O4.C2H6/c1-4-43-30(41)26-21-39(20-19-25(26)24-15-9-8-14-23(24)17-18-28(37-34)38-35)29(40)27(36-31(42)32(2,3)33)16-10-13-22-11-6-5-7-12-22;1-2/h5-9,11-12,14-15,25-27H,4,10,13,16-21,33-35H2,1-3H3,(H,36,42)(H,37,38);1-2H3/t25?,26?,27-;/m1./s1. The molecule has 0 saturated carbocycles. The number of piperidine rings is 1. The smallest absolute Gasteiger partial charge is 0.311 e. The van der Waals surface area contributed by atoms with Crippen LogP contribution in [0.3, 0.4) is 0 Å². The number of aryl methyl sites for hydroxylation is 2. The lowest BCUT2D eigenvalue weighted by Gasteiger charge is -2.40. The van der Waals surface area contributed by atoms with E-state index in [0.717, 1.165) is 23.1 Å². The Hall–Kier alpha value is -3.96. The number of amides is 2. The van der Waals surface area contributed by atoms with Crippen LogP contribution in [0.2, 0.25) is 0 Å². The van der Waals surface area contributed by atoms with E-state index >= 15 is 0 Å². The number of esters is 1. The third-order valence-electron chi connectivity index (χ3n) is 7.91. The van der Waals surface area contributed by atoms with Crippen LogP contribution >= 0.6 is 0 Å². The molecule has 11 heteroatoms. The van der Waals surface area contributed by atoms with Crippen molar-refractivity contribution in [3.63, 3.8) is 0 Å². The molecule has 2 amide bonds. The molecule has 2 aromatic carbocycles. The van der Waals surface area contributed by atoms with Gasteiger partial charge in [0, 0.05) is 25.4 Å². The van der Waals surface area contributed by atoms with Gasteiger partial charge in [-0.3, -0.25) is 14.4 Å². The van der Waals surface area contributed by atoms with Crippen molar-refractivity contribution < 1.29 is 19.1 Å². The number of hydrogen-bond acceptors (Lipinski definition) is 8. The maximum Gasteiger partial charge on any atom is 0.311 e. The van der Waals surface area contributed by atoms with Gasteiger partial charge in [0.05, 0.1) is 18.1 Å². The van der Waals surface area contributed by atoms with Gasteiger partial charge in [-0.05, 0) is 69.6 Å². The van der Waals surface area contributed by atoms with Crippen LogP contribution in [-0.4, -0.2) is 59.8 Å². The summed E-state index contributed by atoms with van der Waals surface area (Å²) in [4.78, 5) is 41.8. The lowest BCUT2D eigenvalue weighted by atomic mass is 9.77. The Labute approximate surface area is 268 Å². The summed E-state index contributed by atoms with van der Waals surface area (Å²) < 4.78 is 5.49. The summed E-state index contributed by atoms with van der Waals surface area (Å²) in [6.45, 7) is 9.85. The highest BCUT2D eigenvalue weighted by Crippen LogP contribution is 2.36. The fourth-order valence-corrected chi connectivity index (χ4v) is 5.54. The van der Waals surface area contributed by atoms with Gasteiger partial charge in [-0.15, -0.1) is 0 Å². The minimum Gasteiger partial charge on any atom is -0.466 e. The SMILES string of the molecule is CC.CCOC(=O)C1CN(C(=O)[C@@H](CCCc2ccccc2)NC(=O)C(C)(C)N)CCC1c1ccccc1CC/C(=N/N)NN. The number of rotatable bonds is 13. The average Bonchev–Trinajstić information content (AvgIpc) is 3.05. The summed E-state index contributed by atoms with van der Waals surface area (Å²) in [6, 6.07) is 17.2. The minimum atomic E-state index is -1.14. The number of carbonyl (C=O) groups excluding carboxylic acids is 3. The van der Waals surface area contributed by atoms with Crippen LogP contribution in [0.1, 0.15) is 82.9 Å². The van der Waals surface area contributed by atoms with Gasteiger partial charge in [0.2, 0.25) is 11.8 Å². The predicted molar refractivity (Wildman–Crippen MR) is 179 cm³/mol. The van der Waals surface area contributed by atoms with Crippen molar-refractivity contribution in [1.29, 1.82) is 0 Å². The van der Waals surface area contributed by atoms with Crippen molar-refractivity contribution in [2.45, 2.75) is 90.6 Å². The fourth-order valence-electron chi connectivity index (χ4n) is 5.54. The number of carbonyl (C=O) groups is 3. The van der Waals surface area contributed by atoms with Crippen molar-refractivity contribution >= 4 is 23.6 Å². The number of nitrogens with zero attached hydrogens (tertiary/aromatic N) is 2. The number of amidine groups is 1. The highest BCUT2D eigenvalue weighted by atomic mass is 16.5. The summed E-state index contributed by atoms with van der Waals surface area (Å²) in [6.07, 6.45) is 3.60. The molecule has 0 spiro atoms. The Bertz CT molecular complexity index is 1250. The van der Waals surface area contributed by atoms with Crippen LogP contribution in [0.15, 0.2) is 59.7 Å². The topological polar surface area (TPSA) is 178 Å². The highest BCUT2D eigenvalue weighted by molar-refractivity contribution is 5.91. The Kier molecular flexibility index (Phi) is 15.5. The zero-order chi connectivity index (χ0) is 33.4. The lowest BCUT2D eigenvalue weighted by molar-refractivity contribution is -0.153. The molecule has 11 nitrogen and oxygen atoms in total. The maximum absolute atomic E-state index is 14.0. The second kappa shape index (κ2) is 18.8. The number of benzene rings is 2. The monoisotopic (exact) mass is 623 g/mol. The van der Waals surface area contributed by atoms with E-state index in [2.05, 4.69) is 15.8 Å². The molecule has 1 saturated heterocycles. The number of hydrazone groups is 1. The van der Waals surface area contributed by atoms with Gasteiger partial charge < -0.3 is 32.0 Å². The first kappa shape index (κ1) is 37.2. The quantitative estimate of drug-likeness (QED) is 0.0743. The van der Waals surface area contributed by atoms with Crippen LogP contribution < -0.4 is 28.2 Å². The third-order valence-corrected chi connectivity index (χ3v) is 7.91. The lowest BCUT2D eigenvalue weighted by Crippen LogP contribution is -2.58. The van der Waals surface area contributed by atoms with Crippen molar-refractivity contribution in [1.82, 2.24) is 15.6 Å². The molecule has 1 heterocycles. The Morgan fingerprint density at radius 1 is 1.07 bits per heavy atom. The molecule has 0 bridgehead atoms. The number of nitrogens with one attached hydrogen (secondary N) is 2. The molecular formula is C34H53N7O4. The van der Waals surface area contributed by atoms with Crippen LogP contribution in [0.25, 0.3) is 0 Å². The molecule has 2 aromatic rings. The molecular weight excluding hydrogens is 570 g/mol. The normalized spacial score (nSPS) is 17.4. The summed E-state index contributed by atoms with van der Waals surface area (Å²) in [5, 5.41) is 6.57. The molecule has 2 unspecified atom stereocenters. The van der Waals surface area contributed by atoms with E-state index in [0.29, 0.717) is 44.5 Å². The predicted octanol–water partition coefficient (Wildman–Crippen LogP) is 3.12. The molecule has 45 heavy (non-hydrogen) atoms. The van der Waals surface area contributed by atoms with E-state index in [1.807, 2.05) is 68.4 Å². The second-order valence-corrected chi connectivity index (χ2v) is 11.6. The van der Waals surface area contributed by atoms with Gasteiger partial charge in [0.25, 0.3) is 0 Å². The molecule has 3 atom stereocenters. The molecule has 0 radical (unpaired) electrons. The number of nitrogens with two attached hydrogens (primary N) is 3. The van der Waals surface area contributed by atoms with Crippen LogP contribution in [-0.2, 0) is 32.0 Å². The highest BCUT2D eigenvalue weighted by Gasteiger charge is 2.40. The Morgan fingerprint density at radius 2 is 1.73 bits per heavy atom. The number of hydrazine groups is 1. The van der Waals surface area contributed by atoms with E-state index in [1.54, 1.807) is 25.7 Å². The molecule has 1 aliphatic heterocycles. The van der Waals surface area contributed by atoms with Gasteiger partial charge in [0.1, 0.15) is 11.9 Å². The van der Waals surface area contributed by atoms with Crippen molar-refractivity contribution in [3.05, 3.63) is 71.3 Å². The number of hydrogen-bond donors (Lipinski definition) is 5. The first-order valence-electron chi connectivity index (χ1n) is 16.0. The zero-order valence-corrected chi connectivity index (χ0v) is 27.6. The van der Waals surface area contributed by atoms with Gasteiger partial charge >= 0.3 is 5.97 Å². The third kappa shape index (κ3) is 11.2. The first-order chi connectivity index (χ1) is 21.6. The van der Waals surface area contributed by atoms with Crippen molar-refractivity contribution in [2.24, 2.45) is 28.4 Å². The molecule has 3 rings (SSSR count). The summed E-state index contributed by atoms with van der Waals surface area (Å²) >= 11 is 0. The molecule has 8 N–H and O–H groups in total. The Morgan fingerprint density at radius 3 is 2.36 bits per heavy atom. The van der Waals surface area contributed by atoms with Gasteiger partial charge in [-0.25, -0.2) is 5.84 Å². The van der Waals surface area contributed by atoms with Crippen molar-refractivity contribution in [3.8, 4) is 0 Å². The van der Waals surface area contributed by atoms with Gasteiger partial charge in [0.15, 0.2) is 0 Å². The number of ether oxygens (including phenoxy) is 1. The van der Waals surface area contributed by atoms with Crippen LogP contribution in [0.4, 0.5) is 0 Å². The van der Waals surface area contributed by atoms with E-state index in [1.165, 1.54) is 0 Å². The zero-order valence-electron chi connectivity index (χ0n) is 27.6. The minimum absolute atomic E-state index is 0.155. The average molecular weight is 624 g/mol. The molecule has 0 aliphatic carbocycles. The first-order valence-corrected chi connectivity index (χ1v) is 16.0. The summed E-state index contributed by atoms with van der Waals surface area (Å²) in [5.41, 5.74) is 10.7. The fraction of sp³-hybridized carbons (Fsp3) is 0.529. The van der Waals surface area contributed by atoms with E-state index < -0.39 is 23.4 Å². The largest absolute Gasteiger partial charge is 0.466 e. The van der Waals surface area contributed by atoms with Crippen LogP contribution in [0, 0.1) is 5.92 Å². The second-order valence-electron chi connectivity index (χ2n) is 11.6. The summed E-state index contributed by atoms with van der Waals surface area (Å²) in [5.74, 6) is 9.71. The maximum atomic E-state index is 14.0. The van der Waals surface area contributed by atoms with E-state index in [9.17, 15) is 14.4 Å². The molecule has 1 fully saturated rings. The Balaban J connectivity index is 0.00000345. The molecule has 0 aromatic heterocycles. The molecule has 248 valence electrons. The van der Waals surface area contributed by atoms with Crippen molar-refractivity contribution in [2.75, 3.05) is 19.7 Å². The molecule has 1 aliphatic rings.